The van der Waals surface area contributed by atoms with Gasteiger partial charge in [0.1, 0.15) is 11.3 Å². The van der Waals surface area contributed by atoms with Crippen molar-refractivity contribution >= 4 is 27.8 Å². The fraction of sp³-hybridized carbons (Fsp3) is 0.407. The van der Waals surface area contributed by atoms with Crippen LogP contribution in [-0.2, 0) is 24.1 Å². The molecule has 8 nitrogen and oxygen atoms in total. The third-order valence-electron chi connectivity index (χ3n) is 6.27. The van der Waals surface area contributed by atoms with Gasteiger partial charge in [-0.3, -0.25) is 0 Å². The summed E-state index contributed by atoms with van der Waals surface area (Å²) in [6.07, 6.45) is 5.47. The number of nitrogens with two attached hydrogens (primary N) is 2. The van der Waals surface area contributed by atoms with Crippen LogP contribution in [0.25, 0.3) is 21.9 Å². The molecule has 4 rings (SSSR count). The number of aromatic hydroxyl groups is 2. The highest BCUT2D eigenvalue weighted by molar-refractivity contribution is 6.06. The van der Waals surface area contributed by atoms with Crippen molar-refractivity contribution in [1.82, 2.24) is 14.5 Å². The molecule has 0 aliphatic rings. The number of para-hydroxylation sites is 1. The molecule has 0 saturated carbocycles. The number of fused-ring (bicyclic) bond motifs is 3. The molecular weight excluding hydrogens is 442 g/mol. The minimum atomic E-state index is -0.135. The minimum absolute atomic E-state index is 0.113. The van der Waals surface area contributed by atoms with Crippen molar-refractivity contribution in [3.8, 4) is 11.5 Å². The Bertz CT molecular complexity index is 1300. The van der Waals surface area contributed by atoms with Crippen LogP contribution in [0.1, 0.15) is 49.6 Å². The van der Waals surface area contributed by atoms with E-state index in [1.165, 1.54) is 11.6 Å². The molecule has 0 bridgehead atoms. The van der Waals surface area contributed by atoms with E-state index in [2.05, 4.69) is 28.6 Å². The lowest BCUT2D eigenvalue weighted by Crippen LogP contribution is -2.06. The maximum absolute atomic E-state index is 10.5. The van der Waals surface area contributed by atoms with E-state index in [1.807, 2.05) is 12.1 Å². The molecule has 0 saturated heterocycles. The molecule has 6 N–H and O–H groups in total. The highest BCUT2D eigenvalue weighted by Gasteiger charge is 2.19. The van der Waals surface area contributed by atoms with Gasteiger partial charge >= 0.3 is 0 Å². The van der Waals surface area contributed by atoms with E-state index in [0.717, 1.165) is 60.8 Å². The highest BCUT2D eigenvalue weighted by Crippen LogP contribution is 2.34. The number of phenolic OH excluding ortho intramolecular Hbond substituents is 2. The Labute approximate surface area is 205 Å². The molecule has 2 aromatic heterocycles. The van der Waals surface area contributed by atoms with Gasteiger partial charge in [0.25, 0.3) is 0 Å². The number of aromatic nitrogens is 3. The van der Waals surface area contributed by atoms with Gasteiger partial charge in [-0.25, -0.2) is 9.97 Å². The predicted molar refractivity (Wildman–Crippen MR) is 140 cm³/mol. The van der Waals surface area contributed by atoms with Crippen molar-refractivity contribution in [2.75, 3.05) is 25.5 Å². The number of phenols is 2. The Balaban J connectivity index is 1.76. The number of pyridine rings is 1. The molecule has 0 aliphatic carbocycles. The summed E-state index contributed by atoms with van der Waals surface area (Å²) in [5.41, 5.74) is 16.1. The average molecular weight is 478 g/mol. The van der Waals surface area contributed by atoms with E-state index in [0.29, 0.717) is 43.2 Å². The number of ether oxygens (including phenoxy) is 1. The molecule has 35 heavy (non-hydrogen) atoms. The Morgan fingerprint density at radius 3 is 2.63 bits per heavy atom. The lowest BCUT2D eigenvalue weighted by molar-refractivity contribution is 0.131. The lowest BCUT2D eigenvalue weighted by Gasteiger charge is -2.13. The first-order valence-corrected chi connectivity index (χ1v) is 12.4. The fourth-order valence-corrected chi connectivity index (χ4v) is 4.40. The van der Waals surface area contributed by atoms with Gasteiger partial charge in [0.2, 0.25) is 0 Å². The van der Waals surface area contributed by atoms with Crippen molar-refractivity contribution in [1.29, 1.82) is 0 Å². The number of benzene rings is 2. The third kappa shape index (κ3) is 5.49. The van der Waals surface area contributed by atoms with Crippen molar-refractivity contribution < 1.29 is 14.9 Å². The smallest absolute Gasteiger partial charge is 0.162 e. The first kappa shape index (κ1) is 24.8. The largest absolute Gasteiger partial charge is 0.504 e. The summed E-state index contributed by atoms with van der Waals surface area (Å²) in [5.74, 6) is 1.04. The monoisotopic (exact) mass is 477 g/mol. The van der Waals surface area contributed by atoms with Gasteiger partial charge in [-0.05, 0) is 56.0 Å². The van der Waals surface area contributed by atoms with Gasteiger partial charge in [0.15, 0.2) is 17.3 Å². The predicted octanol–water partition coefficient (Wildman–Crippen LogP) is 4.27. The van der Waals surface area contributed by atoms with Gasteiger partial charge in [-0.2, -0.15) is 0 Å². The molecule has 2 aromatic carbocycles. The van der Waals surface area contributed by atoms with Crippen LogP contribution < -0.4 is 11.5 Å². The number of nitrogen functional groups attached to an aromatic ring is 1. The molecular formula is C27H35N5O3. The van der Waals surface area contributed by atoms with E-state index in [-0.39, 0.29) is 11.5 Å². The third-order valence-corrected chi connectivity index (χ3v) is 6.27. The van der Waals surface area contributed by atoms with Crippen LogP contribution >= 0.6 is 0 Å². The SMILES string of the molecule is CCCCc1nc2c(N)nc3ccc(CCCOCCCN)cc3c2n1Cc1cccc(O)c1O. The fourth-order valence-electron chi connectivity index (χ4n) is 4.40. The Kier molecular flexibility index (Phi) is 8.05. The molecule has 0 radical (unpaired) electrons. The molecule has 4 aromatic rings. The summed E-state index contributed by atoms with van der Waals surface area (Å²) < 4.78 is 7.76. The first-order chi connectivity index (χ1) is 17.0. The number of aryl methyl sites for hydroxylation is 2. The van der Waals surface area contributed by atoms with Crippen LogP contribution in [0.15, 0.2) is 36.4 Å². The van der Waals surface area contributed by atoms with Crippen LogP contribution in [0, 0.1) is 0 Å². The number of imidazole rings is 1. The van der Waals surface area contributed by atoms with Gasteiger partial charge < -0.3 is 31.0 Å². The van der Waals surface area contributed by atoms with E-state index in [4.69, 9.17) is 21.2 Å². The quantitative estimate of drug-likeness (QED) is 0.177. The molecule has 0 amide bonds. The summed E-state index contributed by atoms with van der Waals surface area (Å²) in [7, 11) is 0. The van der Waals surface area contributed by atoms with Crippen LogP contribution in [0.4, 0.5) is 5.82 Å². The molecule has 0 atom stereocenters. The number of anilines is 1. The summed E-state index contributed by atoms with van der Waals surface area (Å²) in [6.45, 7) is 4.55. The second kappa shape index (κ2) is 11.4. The zero-order valence-corrected chi connectivity index (χ0v) is 20.3. The van der Waals surface area contributed by atoms with Crippen LogP contribution in [0.2, 0.25) is 0 Å². The van der Waals surface area contributed by atoms with Gasteiger partial charge in [0, 0.05) is 30.6 Å². The van der Waals surface area contributed by atoms with E-state index in [9.17, 15) is 10.2 Å². The van der Waals surface area contributed by atoms with Crippen molar-refractivity contribution in [3.63, 3.8) is 0 Å². The van der Waals surface area contributed by atoms with Crippen molar-refractivity contribution in [3.05, 3.63) is 53.3 Å². The van der Waals surface area contributed by atoms with Crippen LogP contribution in [-0.4, -0.2) is 44.5 Å². The van der Waals surface area contributed by atoms with Crippen molar-refractivity contribution in [2.45, 2.75) is 52.0 Å². The Hall–Kier alpha value is -3.36. The number of unbranched alkanes of at least 4 members (excludes halogenated alkanes) is 1. The number of rotatable bonds is 12. The van der Waals surface area contributed by atoms with E-state index in [1.54, 1.807) is 6.07 Å². The van der Waals surface area contributed by atoms with Gasteiger partial charge in [-0.15, -0.1) is 0 Å². The molecule has 0 spiro atoms. The first-order valence-electron chi connectivity index (χ1n) is 12.4. The summed E-state index contributed by atoms with van der Waals surface area (Å²) in [5, 5.41) is 21.5. The normalized spacial score (nSPS) is 11.6. The highest BCUT2D eigenvalue weighted by atomic mass is 16.5. The number of nitrogens with zero attached hydrogens (tertiary/aromatic N) is 3. The number of hydrogen-bond donors (Lipinski definition) is 4. The Morgan fingerprint density at radius 1 is 1.00 bits per heavy atom. The van der Waals surface area contributed by atoms with E-state index < -0.39 is 0 Å². The van der Waals surface area contributed by atoms with E-state index >= 15 is 0 Å². The maximum atomic E-state index is 10.5. The molecule has 186 valence electrons. The molecule has 8 heteroatoms. The zero-order valence-electron chi connectivity index (χ0n) is 20.3. The summed E-state index contributed by atoms with van der Waals surface area (Å²) in [6, 6.07) is 11.3. The minimum Gasteiger partial charge on any atom is -0.504 e. The maximum Gasteiger partial charge on any atom is 0.162 e. The van der Waals surface area contributed by atoms with Gasteiger partial charge in [0.05, 0.1) is 17.6 Å². The van der Waals surface area contributed by atoms with Crippen molar-refractivity contribution in [2.24, 2.45) is 5.73 Å². The molecule has 0 unspecified atom stereocenters. The topological polar surface area (TPSA) is 132 Å². The standard InChI is InChI=1S/C27H35N5O3/c1-2-3-10-23-31-24-25(32(23)17-19-8-4-9-22(33)26(19)34)20-16-18(7-5-14-35-15-6-13-28)11-12-21(20)30-27(24)29/h4,8-9,11-12,16,33-34H,2-3,5-7,10,13-15,17,28H2,1H3,(H2,29,30). The second-order valence-electron chi connectivity index (χ2n) is 8.91. The van der Waals surface area contributed by atoms with Crippen LogP contribution in [0.5, 0.6) is 11.5 Å². The Morgan fingerprint density at radius 2 is 1.83 bits per heavy atom. The second-order valence-corrected chi connectivity index (χ2v) is 8.91. The molecule has 2 heterocycles. The molecule has 0 aliphatic heterocycles. The molecule has 0 fully saturated rings. The van der Waals surface area contributed by atoms with Crippen LogP contribution in [0.3, 0.4) is 0 Å². The lowest BCUT2D eigenvalue weighted by atomic mass is 10.1. The van der Waals surface area contributed by atoms with Gasteiger partial charge in [-0.1, -0.05) is 31.5 Å². The summed E-state index contributed by atoms with van der Waals surface area (Å²) >= 11 is 0. The number of hydrogen-bond acceptors (Lipinski definition) is 7. The zero-order chi connectivity index (χ0) is 24.8. The summed E-state index contributed by atoms with van der Waals surface area (Å²) in [4.78, 5) is 9.51. The average Bonchev–Trinajstić information content (AvgIpc) is 3.22.